The number of hydrogen-bond acceptors (Lipinski definition) is 4. The zero-order valence-corrected chi connectivity index (χ0v) is 15.7. The number of amides is 1. The Labute approximate surface area is 160 Å². The Morgan fingerprint density at radius 2 is 1.78 bits per heavy atom. The molecule has 1 saturated carbocycles. The van der Waals surface area contributed by atoms with Gasteiger partial charge in [-0.05, 0) is 37.5 Å². The van der Waals surface area contributed by atoms with Crippen LogP contribution in [0.3, 0.4) is 0 Å². The second-order valence-electron chi connectivity index (χ2n) is 7.40. The highest BCUT2D eigenvalue weighted by atomic mass is 16.7. The molecule has 0 saturated heterocycles. The van der Waals surface area contributed by atoms with Crippen molar-refractivity contribution in [2.24, 2.45) is 0 Å². The van der Waals surface area contributed by atoms with Crippen molar-refractivity contribution < 1.29 is 14.3 Å². The van der Waals surface area contributed by atoms with Crippen molar-refractivity contribution in [3.63, 3.8) is 0 Å². The minimum atomic E-state index is -0.490. The molecule has 1 fully saturated rings. The second kappa shape index (κ2) is 7.61. The molecule has 2 aromatic rings. The molecule has 0 aromatic heterocycles. The molecule has 4 rings (SSSR count). The van der Waals surface area contributed by atoms with E-state index in [1.807, 2.05) is 43.3 Å². The number of fused-ring (bicyclic) bond motifs is 1. The second-order valence-corrected chi connectivity index (χ2v) is 7.40. The summed E-state index contributed by atoms with van der Waals surface area (Å²) in [5.74, 6) is 0.922. The minimum Gasteiger partial charge on any atom is -0.448 e. The maximum absolute atomic E-state index is 12.3. The normalized spacial score (nSPS) is 18.3. The third-order valence-corrected chi connectivity index (χ3v) is 5.30. The first-order chi connectivity index (χ1) is 13.1. The predicted octanol–water partition coefficient (Wildman–Crippen LogP) is 4.41. The molecule has 5 nitrogen and oxygen atoms in total. The number of carbonyl (C=O) groups excluding carboxylic acids is 1. The van der Waals surface area contributed by atoms with Gasteiger partial charge in [-0.3, -0.25) is 4.79 Å². The van der Waals surface area contributed by atoms with Gasteiger partial charge in [0.1, 0.15) is 0 Å². The smallest absolute Gasteiger partial charge is 0.251 e. The fourth-order valence-electron chi connectivity index (χ4n) is 3.78. The van der Waals surface area contributed by atoms with Crippen LogP contribution in [-0.2, 0) is 4.79 Å². The van der Waals surface area contributed by atoms with E-state index in [1.54, 1.807) is 0 Å². The zero-order chi connectivity index (χ0) is 18.7. The van der Waals surface area contributed by atoms with E-state index in [0.717, 1.165) is 48.4 Å². The number of benzene rings is 2. The number of anilines is 1. The third kappa shape index (κ3) is 4.08. The molecule has 27 heavy (non-hydrogen) atoms. The Morgan fingerprint density at radius 1 is 1.04 bits per heavy atom. The maximum atomic E-state index is 12.3. The summed E-state index contributed by atoms with van der Waals surface area (Å²) in [6, 6.07) is 15.8. The number of rotatable bonds is 5. The summed E-state index contributed by atoms with van der Waals surface area (Å²) in [4.78, 5) is 12.3. The monoisotopic (exact) mass is 366 g/mol. The van der Waals surface area contributed by atoms with E-state index in [-0.39, 0.29) is 18.5 Å². The largest absolute Gasteiger partial charge is 0.448 e. The lowest BCUT2D eigenvalue weighted by Crippen LogP contribution is -2.40. The van der Waals surface area contributed by atoms with Gasteiger partial charge in [0.05, 0.1) is 6.54 Å². The van der Waals surface area contributed by atoms with Gasteiger partial charge in [0.25, 0.3) is 5.79 Å². The van der Waals surface area contributed by atoms with Gasteiger partial charge in [0, 0.05) is 30.6 Å². The topological polar surface area (TPSA) is 59.6 Å². The molecule has 0 bridgehead atoms. The standard InChI is InChI=1S/C22H26N2O3/c1-16(17-8-4-2-5-9-17)23-15-21(25)24-18-10-11-19-20(14-18)27-22(26-19)12-6-3-7-13-22/h2,4-5,8-11,14,16,23H,3,6-7,12-13,15H2,1H3,(H,24,25)/t16-/m1/s1. The molecule has 2 aromatic carbocycles. The molecule has 0 unspecified atom stereocenters. The first-order valence-electron chi connectivity index (χ1n) is 9.74. The van der Waals surface area contributed by atoms with E-state index in [2.05, 4.69) is 22.8 Å². The number of hydrogen-bond donors (Lipinski definition) is 2. The zero-order valence-electron chi connectivity index (χ0n) is 15.7. The Kier molecular flexibility index (Phi) is 5.03. The molecule has 1 amide bonds. The van der Waals surface area contributed by atoms with E-state index in [9.17, 15) is 4.79 Å². The lowest BCUT2D eigenvalue weighted by atomic mass is 9.94. The van der Waals surface area contributed by atoms with Crippen molar-refractivity contribution in [1.82, 2.24) is 5.32 Å². The molecule has 142 valence electrons. The van der Waals surface area contributed by atoms with Crippen LogP contribution in [-0.4, -0.2) is 18.2 Å². The Hall–Kier alpha value is -2.53. The maximum Gasteiger partial charge on any atom is 0.251 e. The fourth-order valence-corrected chi connectivity index (χ4v) is 3.78. The van der Waals surface area contributed by atoms with Crippen molar-refractivity contribution in [2.45, 2.75) is 50.9 Å². The van der Waals surface area contributed by atoms with Gasteiger partial charge < -0.3 is 20.1 Å². The highest BCUT2D eigenvalue weighted by molar-refractivity contribution is 5.92. The molecule has 2 aliphatic rings. The van der Waals surface area contributed by atoms with Gasteiger partial charge in [-0.25, -0.2) is 0 Å². The van der Waals surface area contributed by atoms with Crippen LogP contribution in [0.25, 0.3) is 0 Å². The van der Waals surface area contributed by atoms with Crippen molar-refractivity contribution >= 4 is 11.6 Å². The van der Waals surface area contributed by atoms with E-state index < -0.39 is 5.79 Å². The lowest BCUT2D eigenvalue weighted by Gasteiger charge is -2.31. The van der Waals surface area contributed by atoms with Gasteiger partial charge in [-0.1, -0.05) is 36.8 Å². The quantitative estimate of drug-likeness (QED) is 0.823. The molecule has 1 aliphatic carbocycles. The fraction of sp³-hybridized carbons (Fsp3) is 0.409. The SMILES string of the molecule is C[C@@H](NCC(=O)Nc1ccc2c(c1)OC1(CCCCC1)O2)c1ccccc1. The summed E-state index contributed by atoms with van der Waals surface area (Å²) in [7, 11) is 0. The molecule has 1 aliphatic heterocycles. The summed E-state index contributed by atoms with van der Waals surface area (Å²) >= 11 is 0. The van der Waals surface area contributed by atoms with E-state index >= 15 is 0 Å². The summed E-state index contributed by atoms with van der Waals surface area (Å²) < 4.78 is 12.2. The molecular weight excluding hydrogens is 340 g/mol. The van der Waals surface area contributed by atoms with Crippen LogP contribution in [0.4, 0.5) is 5.69 Å². The first kappa shape index (κ1) is 17.9. The summed E-state index contributed by atoms with van der Waals surface area (Å²) in [6.07, 6.45) is 5.33. The Morgan fingerprint density at radius 3 is 2.56 bits per heavy atom. The van der Waals surface area contributed by atoms with E-state index in [1.165, 1.54) is 6.42 Å². The van der Waals surface area contributed by atoms with Gasteiger partial charge in [-0.15, -0.1) is 0 Å². The minimum absolute atomic E-state index is 0.0796. The summed E-state index contributed by atoms with van der Waals surface area (Å²) in [5, 5.41) is 6.18. The van der Waals surface area contributed by atoms with Crippen LogP contribution >= 0.6 is 0 Å². The molecule has 0 radical (unpaired) electrons. The lowest BCUT2D eigenvalue weighted by molar-refractivity contribution is -0.115. The average Bonchev–Trinajstić information content (AvgIpc) is 3.03. The van der Waals surface area contributed by atoms with Crippen molar-refractivity contribution in [3.05, 3.63) is 54.1 Å². The summed E-state index contributed by atoms with van der Waals surface area (Å²) in [5.41, 5.74) is 1.88. The molecule has 1 atom stereocenters. The van der Waals surface area contributed by atoms with Crippen molar-refractivity contribution in [2.75, 3.05) is 11.9 Å². The molecule has 1 spiro atoms. The molecule has 1 heterocycles. The van der Waals surface area contributed by atoms with Gasteiger partial charge in [0.15, 0.2) is 11.5 Å². The van der Waals surface area contributed by atoms with Crippen LogP contribution < -0.4 is 20.1 Å². The molecule has 2 N–H and O–H groups in total. The molecular formula is C22H26N2O3. The van der Waals surface area contributed by atoms with Crippen molar-refractivity contribution in [3.8, 4) is 11.5 Å². The first-order valence-corrected chi connectivity index (χ1v) is 9.74. The predicted molar refractivity (Wildman–Crippen MR) is 105 cm³/mol. The Bertz CT molecular complexity index is 800. The highest BCUT2D eigenvalue weighted by Gasteiger charge is 2.42. The van der Waals surface area contributed by atoms with Gasteiger partial charge >= 0.3 is 0 Å². The number of nitrogens with one attached hydrogen (secondary N) is 2. The van der Waals surface area contributed by atoms with Crippen LogP contribution in [0.1, 0.15) is 50.6 Å². The van der Waals surface area contributed by atoms with Gasteiger partial charge in [0.2, 0.25) is 5.91 Å². The number of carbonyl (C=O) groups is 1. The van der Waals surface area contributed by atoms with Crippen LogP contribution in [0, 0.1) is 0 Å². The number of ether oxygens (including phenoxy) is 2. The average molecular weight is 366 g/mol. The highest BCUT2D eigenvalue weighted by Crippen LogP contribution is 2.46. The van der Waals surface area contributed by atoms with E-state index in [4.69, 9.17) is 9.47 Å². The van der Waals surface area contributed by atoms with Crippen LogP contribution in [0.15, 0.2) is 48.5 Å². The molecule has 5 heteroatoms. The van der Waals surface area contributed by atoms with Crippen molar-refractivity contribution in [1.29, 1.82) is 0 Å². The van der Waals surface area contributed by atoms with Crippen LogP contribution in [0.2, 0.25) is 0 Å². The van der Waals surface area contributed by atoms with Crippen LogP contribution in [0.5, 0.6) is 11.5 Å². The van der Waals surface area contributed by atoms with Gasteiger partial charge in [-0.2, -0.15) is 0 Å². The summed E-state index contributed by atoms with van der Waals surface area (Å²) in [6.45, 7) is 2.29. The van der Waals surface area contributed by atoms with E-state index in [0.29, 0.717) is 0 Å². The third-order valence-electron chi connectivity index (χ3n) is 5.30. The Balaban J connectivity index is 1.33.